The van der Waals surface area contributed by atoms with Crippen molar-refractivity contribution in [2.75, 3.05) is 7.11 Å². The van der Waals surface area contributed by atoms with Gasteiger partial charge in [0, 0.05) is 25.7 Å². The Morgan fingerprint density at radius 1 is 1.39 bits per heavy atom. The standard InChI is InChI=1S/C15H18ClN5O2/c1-23-10-6-11(16)14(13(7-10)21-5-4-18-9-21)20-15(22)12-2-3-17-8-19-12/h2-5,8-11,13-14H,6-7H2,1H3,(H,20,22)/t10-,11+,13+,14-/m0/s1. The molecule has 4 atom stereocenters. The smallest absolute Gasteiger partial charge is 0.270 e. The van der Waals surface area contributed by atoms with Gasteiger partial charge in [0.1, 0.15) is 12.0 Å². The molecular weight excluding hydrogens is 318 g/mol. The number of imidazole rings is 1. The van der Waals surface area contributed by atoms with Crippen LogP contribution in [0.4, 0.5) is 0 Å². The van der Waals surface area contributed by atoms with Crippen molar-refractivity contribution < 1.29 is 9.53 Å². The molecule has 1 fully saturated rings. The van der Waals surface area contributed by atoms with Crippen molar-refractivity contribution in [3.8, 4) is 0 Å². The van der Waals surface area contributed by atoms with Gasteiger partial charge in [0.05, 0.1) is 29.9 Å². The molecule has 1 saturated carbocycles. The Kier molecular flexibility index (Phi) is 4.88. The lowest BCUT2D eigenvalue weighted by atomic mass is 9.87. The van der Waals surface area contributed by atoms with E-state index in [0.717, 1.165) is 6.42 Å². The van der Waals surface area contributed by atoms with Crippen LogP contribution in [-0.2, 0) is 4.74 Å². The number of nitrogens with zero attached hydrogens (tertiary/aromatic N) is 4. The highest BCUT2D eigenvalue weighted by molar-refractivity contribution is 6.21. The highest BCUT2D eigenvalue weighted by atomic mass is 35.5. The van der Waals surface area contributed by atoms with Crippen LogP contribution in [0.15, 0.2) is 37.3 Å². The van der Waals surface area contributed by atoms with Crippen molar-refractivity contribution in [2.24, 2.45) is 0 Å². The SMILES string of the molecule is CO[C@H]1C[C@@H](Cl)[C@H](NC(=O)c2ccncn2)[C@H](n2ccnc2)C1. The zero-order valence-electron chi connectivity index (χ0n) is 12.7. The average molecular weight is 336 g/mol. The first-order valence-electron chi connectivity index (χ1n) is 7.40. The quantitative estimate of drug-likeness (QED) is 0.855. The fourth-order valence-corrected chi connectivity index (χ4v) is 3.38. The van der Waals surface area contributed by atoms with E-state index in [0.29, 0.717) is 12.1 Å². The van der Waals surface area contributed by atoms with E-state index in [2.05, 4.69) is 20.3 Å². The number of methoxy groups -OCH3 is 1. The molecule has 0 bridgehead atoms. The van der Waals surface area contributed by atoms with E-state index in [9.17, 15) is 4.79 Å². The Hall–Kier alpha value is -1.99. The second-order valence-corrected chi connectivity index (χ2v) is 6.08. The summed E-state index contributed by atoms with van der Waals surface area (Å²) in [6, 6.07) is 1.31. The summed E-state index contributed by atoms with van der Waals surface area (Å²) in [7, 11) is 1.68. The Morgan fingerprint density at radius 3 is 2.91 bits per heavy atom. The second-order valence-electron chi connectivity index (χ2n) is 5.52. The van der Waals surface area contributed by atoms with Gasteiger partial charge in [0.2, 0.25) is 0 Å². The molecule has 122 valence electrons. The van der Waals surface area contributed by atoms with E-state index in [4.69, 9.17) is 16.3 Å². The summed E-state index contributed by atoms with van der Waals surface area (Å²) in [5, 5.41) is 2.76. The molecule has 1 amide bonds. The third-order valence-electron chi connectivity index (χ3n) is 4.15. The van der Waals surface area contributed by atoms with E-state index in [-0.39, 0.29) is 29.5 Å². The normalized spacial score (nSPS) is 27.6. The molecule has 7 nitrogen and oxygen atoms in total. The topological polar surface area (TPSA) is 81.9 Å². The van der Waals surface area contributed by atoms with Gasteiger partial charge in [-0.1, -0.05) is 0 Å². The van der Waals surface area contributed by atoms with Gasteiger partial charge in [-0.05, 0) is 18.9 Å². The van der Waals surface area contributed by atoms with Crippen molar-refractivity contribution >= 4 is 17.5 Å². The molecule has 0 unspecified atom stereocenters. The highest BCUT2D eigenvalue weighted by Gasteiger charge is 2.39. The summed E-state index contributed by atoms with van der Waals surface area (Å²) >= 11 is 6.54. The molecule has 0 aliphatic heterocycles. The summed E-state index contributed by atoms with van der Waals surface area (Å²) in [5.41, 5.74) is 0.321. The minimum atomic E-state index is -0.260. The number of carbonyl (C=O) groups excluding carboxylic acids is 1. The lowest BCUT2D eigenvalue weighted by molar-refractivity contribution is 0.0411. The van der Waals surface area contributed by atoms with E-state index >= 15 is 0 Å². The van der Waals surface area contributed by atoms with Crippen LogP contribution in [0.5, 0.6) is 0 Å². The minimum Gasteiger partial charge on any atom is -0.381 e. The molecule has 0 aromatic carbocycles. The first kappa shape index (κ1) is 15.9. The fourth-order valence-electron chi connectivity index (χ4n) is 2.95. The van der Waals surface area contributed by atoms with Gasteiger partial charge in [-0.25, -0.2) is 15.0 Å². The Bertz CT molecular complexity index is 637. The number of nitrogens with one attached hydrogen (secondary N) is 1. The third-order valence-corrected chi connectivity index (χ3v) is 4.60. The molecule has 2 aromatic rings. The number of alkyl halides is 1. The Labute approximate surface area is 139 Å². The minimum absolute atomic E-state index is 0.0236. The summed E-state index contributed by atoms with van der Waals surface area (Å²) in [5.74, 6) is -0.260. The maximum Gasteiger partial charge on any atom is 0.270 e. The average Bonchev–Trinajstić information content (AvgIpc) is 3.11. The molecule has 2 heterocycles. The van der Waals surface area contributed by atoms with Crippen molar-refractivity contribution in [3.63, 3.8) is 0 Å². The first-order chi connectivity index (χ1) is 11.2. The molecule has 0 radical (unpaired) electrons. The molecular formula is C15H18ClN5O2. The molecule has 1 aliphatic rings. The Morgan fingerprint density at radius 2 is 2.26 bits per heavy atom. The van der Waals surface area contributed by atoms with Crippen LogP contribution in [0.2, 0.25) is 0 Å². The number of hydrogen-bond acceptors (Lipinski definition) is 5. The maximum absolute atomic E-state index is 12.4. The van der Waals surface area contributed by atoms with Crippen LogP contribution >= 0.6 is 11.6 Å². The predicted octanol–water partition coefficient (Wildman–Crippen LogP) is 1.43. The zero-order chi connectivity index (χ0) is 16.2. The molecule has 0 saturated heterocycles. The van der Waals surface area contributed by atoms with Crippen LogP contribution in [0, 0.1) is 0 Å². The highest BCUT2D eigenvalue weighted by Crippen LogP contribution is 2.33. The first-order valence-corrected chi connectivity index (χ1v) is 7.84. The van der Waals surface area contributed by atoms with Crippen LogP contribution in [0.3, 0.4) is 0 Å². The van der Waals surface area contributed by atoms with Gasteiger partial charge in [-0.2, -0.15) is 0 Å². The Balaban J connectivity index is 1.81. The fraction of sp³-hybridized carbons (Fsp3) is 0.467. The lowest BCUT2D eigenvalue weighted by Crippen LogP contribution is -2.52. The zero-order valence-corrected chi connectivity index (χ0v) is 13.4. The van der Waals surface area contributed by atoms with Crippen molar-refractivity contribution in [1.29, 1.82) is 0 Å². The third kappa shape index (κ3) is 3.51. The number of rotatable bonds is 4. The number of halogens is 1. The number of hydrogen-bond donors (Lipinski definition) is 1. The largest absolute Gasteiger partial charge is 0.381 e. The van der Waals surface area contributed by atoms with E-state index in [1.807, 2.05) is 10.8 Å². The maximum atomic E-state index is 12.4. The van der Waals surface area contributed by atoms with Gasteiger partial charge in [-0.3, -0.25) is 4.79 Å². The van der Waals surface area contributed by atoms with Crippen LogP contribution < -0.4 is 5.32 Å². The second kappa shape index (κ2) is 7.06. The van der Waals surface area contributed by atoms with Gasteiger partial charge in [-0.15, -0.1) is 11.6 Å². The molecule has 3 rings (SSSR count). The van der Waals surface area contributed by atoms with E-state index in [1.165, 1.54) is 12.5 Å². The van der Waals surface area contributed by atoms with Gasteiger partial charge < -0.3 is 14.6 Å². The molecule has 1 N–H and O–H groups in total. The lowest BCUT2D eigenvalue weighted by Gasteiger charge is -2.39. The summed E-state index contributed by atoms with van der Waals surface area (Å²) < 4.78 is 7.44. The molecule has 23 heavy (non-hydrogen) atoms. The van der Waals surface area contributed by atoms with E-state index in [1.54, 1.807) is 25.7 Å². The van der Waals surface area contributed by atoms with Gasteiger partial charge >= 0.3 is 0 Å². The van der Waals surface area contributed by atoms with Crippen molar-refractivity contribution in [2.45, 2.75) is 36.4 Å². The van der Waals surface area contributed by atoms with Crippen molar-refractivity contribution in [1.82, 2.24) is 24.8 Å². The molecule has 8 heteroatoms. The molecule has 2 aromatic heterocycles. The van der Waals surface area contributed by atoms with Gasteiger partial charge in [0.15, 0.2) is 0 Å². The van der Waals surface area contributed by atoms with Crippen LogP contribution in [-0.4, -0.2) is 50.1 Å². The van der Waals surface area contributed by atoms with Crippen LogP contribution in [0.1, 0.15) is 29.4 Å². The predicted molar refractivity (Wildman–Crippen MR) is 84.2 cm³/mol. The van der Waals surface area contributed by atoms with Crippen molar-refractivity contribution in [3.05, 3.63) is 43.0 Å². The molecule has 0 spiro atoms. The number of aromatic nitrogens is 4. The summed E-state index contributed by atoms with van der Waals surface area (Å²) in [6.45, 7) is 0. The summed E-state index contributed by atoms with van der Waals surface area (Å²) in [4.78, 5) is 24.3. The van der Waals surface area contributed by atoms with E-state index < -0.39 is 0 Å². The number of ether oxygens (including phenoxy) is 1. The monoisotopic (exact) mass is 335 g/mol. The summed E-state index contributed by atoms with van der Waals surface area (Å²) in [6.07, 6.45) is 9.69. The van der Waals surface area contributed by atoms with Gasteiger partial charge in [0.25, 0.3) is 5.91 Å². The van der Waals surface area contributed by atoms with Crippen LogP contribution in [0.25, 0.3) is 0 Å². The molecule has 1 aliphatic carbocycles. The number of amides is 1. The number of carbonyl (C=O) groups is 1.